The van der Waals surface area contributed by atoms with Crippen LogP contribution in [0.5, 0.6) is 0 Å². The molecule has 0 amide bonds. The summed E-state index contributed by atoms with van der Waals surface area (Å²) in [6, 6.07) is 0. The van der Waals surface area contributed by atoms with Crippen molar-refractivity contribution in [3.05, 3.63) is 18.2 Å². The van der Waals surface area contributed by atoms with Crippen molar-refractivity contribution >= 4 is 0 Å². The average molecular weight is 197 g/mol. The quantitative estimate of drug-likeness (QED) is 0.715. The summed E-state index contributed by atoms with van der Waals surface area (Å²) >= 11 is 0. The van der Waals surface area contributed by atoms with Gasteiger partial charge in [-0.2, -0.15) is 0 Å². The Morgan fingerprint density at radius 1 is 1.64 bits per heavy atom. The number of likely N-dealkylation sites (N-methyl/N-ethyl adjacent to an activating group) is 1. The van der Waals surface area contributed by atoms with Crippen molar-refractivity contribution in [3.8, 4) is 0 Å². The Morgan fingerprint density at radius 2 is 2.36 bits per heavy atom. The van der Waals surface area contributed by atoms with Gasteiger partial charge in [0.2, 0.25) is 0 Å². The number of rotatable bonds is 5. The van der Waals surface area contributed by atoms with Crippen molar-refractivity contribution < 1.29 is 5.11 Å². The van der Waals surface area contributed by atoms with E-state index in [0.717, 1.165) is 12.4 Å². The van der Waals surface area contributed by atoms with Crippen LogP contribution in [0.4, 0.5) is 0 Å². The first-order valence-corrected chi connectivity index (χ1v) is 4.94. The highest BCUT2D eigenvalue weighted by Gasteiger charge is 2.22. The molecule has 14 heavy (non-hydrogen) atoms. The second-order valence-corrected chi connectivity index (χ2v) is 3.91. The summed E-state index contributed by atoms with van der Waals surface area (Å²) in [5.74, 6) is 0.910. The third-order valence-electron chi connectivity index (χ3n) is 2.22. The van der Waals surface area contributed by atoms with E-state index in [4.69, 9.17) is 0 Å². The summed E-state index contributed by atoms with van der Waals surface area (Å²) in [4.78, 5) is 4.18. The van der Waals surface area contributed by atoms with Gasteiger partial charge in [0.15, 0.2) is 0 Å². The molecule has 0 aliphatic heterocycles. The van der Waals surface area contributed by atoms with Gasteiger partial charge >= 0.3 is 0 Å². The standard InChI is InChI=1S/C10H19N3O/c1-4-11-8-10(2,14)7-9-12-5-6-13(9)3/h5-6,11,14H,4,7-8H2,1-3H3. The molecule has 1 aromatic heterocycles. The van der Waals surface area contributed by atoms with Crippen molar-refractivity contribution in [1.29, 1.82) is 0 Å². The Morgan fingerprint density at radius 3 is 2.86 bits per heavy atom. The summed E-state index contributed by atoms with van der Waals surface area (Å²) in [6.45, 7) is 5.31. The molecule has 1 atom stereocenters. The first-order chi connectivity index (χ1) is 6.55. The molecule has 0 aliphatic rings. The summed E-state index contributed by atoms with van der Waals surface area (Å²) in [6.07, 6.45) is 4.21. The molecule has 0 fully saturated rings. The number of aryl methyl sites for hydroxylation is 1. The van der Waals surface area contributed by atoms with Gasteiger partial charge in [-0.15, -0.1) is 0 Å². The van der Waals surface area contributed by atoms with E-state index in [9.17, 15) is 5.11 Å². The van der Waals surface area contributed by atoms with Gasteiger partial charge in [-0.05, 0) is 13.5 Å². The molecule has 1 unspecified atom stereocenters. The lowest BCUT2D eigenvalue weighted by Gasteiger charge is -2.23. The van der Waals surface area contributed by atoms with E-state index in [0.29, 0.717) is 13.0 Å². The zero-order valence-electron chi connectivity index (χ0n) is 9.12. The molecule has 2 N–H and O–H groups in total. The molecule has 0 aliphatic carbocycles. The maximum Gasteiger partial charge on any atom is 0.111 e. The zero-order valence-corrected chi connectivity index (χ0v) is 9.12. The summed E-state index contributed by atoms with van der Waals surface area (Å²) in [5, 5.41) is 13.2. The van der Waals surface area contributed by atoms with Crippen LogP contribution in [0, 0.1) is 0 Å². The monoisotopic (exact) mass is 197 g/mol. The zero-order chi connectivity index (χ0) is 10.6. The van der Waals surface area contributed by atoms with Crippen LogP contribution in [0.1, 0.15) is 19.7 Å². The van der Waals surface area contributed by atoms with Crippen LogP contribution >= 0.6 is 0 Å². The maximum atomic E-state index is 10.0. The molecule has 1 heterocycles. The van der Waals surface area contributed by atoms with Crippen LogP contribution in [0.3, 0.4) is 0 Å². The SMILES string of the molecule is CCNCC(C)(O)Cc1nccn1C. The topological polar surface area (TPSA) is 50.1 Å². The number of hydrogen-bond acceptors (Lipinski definition) is 3. The minimum Gasteiger partial charge on any atom is -0.388 e. The number of hydrogen-bond donors (Lipinski definition) is 2. The van der Waals surface area contributed by atoms with Crippen LogP contribution < -0.4 is 5.32 Å². The molecule has 0 bridgehead atoms. The molecule has 0 spiro atoms. The fraction of sp³-hybridized carbons (Fsp3) is 0.700. The van der Waals surface area contributed by atoms with E-state index in [1.165, 1.54) is 0 Å². The van der Waals surface area contributed by atoms with Crippen molar-refractivity contribution in [3.63, 3.8) is 0 Å². The van der Waals surface area contributed by atoms with Crippen LogP contribution in [-0.2, 0) is 13.5 Å². The number of aliphatic hydroxyl groups is 1. The van der Waals surface area contributed by atoms with Gasteiger partial charge in [0, 0.05) is 32.4 Å². The second-order valence-electron chi connectivity index (χ2n) is 3.91. The van der Waals surface area contributed by atoms with Crippen LogP contribution in [0.15, 0.2) is 12.4 Å². The number of aromatic nitrogens is 2. The first-order valence-electron chi connectivity index (χ1n) is 4.94. The number of nitrogens with one attached hydrogen (secondary N) is 1. The summed E-state index contributed by atoms with van der Waals surface area (Å²) in [5.41, 5.74) is -0.727. The lowest BCUT2D eigenvalue weighted by molar-refractivity contribution is 0.0580. The number of nitrogens with zero attached hydrogens (tertiary/aromatic N) is 2. The predicted molar refractivity (Wildman–Crippen MR) is 56.1 cm³/mol. The van der Waals surface area contributed by atoms with Crippen molar-refractivity contribution in [2.75, 3.05) is 13.1 Å². The fourth-order valence-electron chi connectivity index (χ4n) is 1.36. The van der Waals surface area contributed by atoms with Crippen LogP contribution in [-0.4, -0.2) is 33.3 Å². The van der Waals surface area contributed by atoms with Crippen molar-refractivity contribution in [2.45, 2.75) is 25.9 Å². The van der Waals surface area contributed by atoms with Gasteiger partial charge in [-0.1, -0.05) is 6.92 Å². The Labute approximate surface area is 85.0 Å². The van der Waals surface area contributed by atoms with E-state index in [1.807, 2.05) is 31.7 Å². The Kier molecular flexibility index (Phi) is 3.66. The minimum absolute atomic E-state index is 0.573. The molecule has 4 heteroatoms. The molecule has 1 aromatic rings. The molecule has 1 rings (SSSR count). The minimum atomic E-state index is -0.727. The average Bonchev–Trinajstić information content (AvgIpc) is 2.48. The molecule has 4 nitrogen and oxygen atoms in total. The third kappa shape index (κ3) is 3.12. The highest BCUT2D eigenvalue weighted by Crippen LogP contribution is 2.09. The summed E-state index contributed by atoms with van der Waals surface area (Å²) < 4.78 is 1.93. The van der Waals surface area contributed by atoms with E-state index < -0.39 is 5.60 Å². The van der Waals surface area contributed by atoms with Gasteiger partial charge in [0.25, 0.3) is 0 Å². The van der Waals surface area contributed by atoms with E-state index in [-0.39, 0.29) is 0 Å². The predicted octanol–water partition coefficient (Wildman–Crippen LogP) is 0.323. The molecular weight excluding hydrogens is 178 g/mol. The Hall–Kier alpha value is -0.870. The largest absolute Gasteiger partial charge is 0.388 e. The third-order valence-corrected chi connectivity index (χ3v) is 2.22. The normalized spacial score (nSPS) is 15.4. The molecular formula is C10H19N3O. The molecule has 0 saturated heterocycles. The summed E-state index contributed by atoms with van der Waals surface area (Å²) in [7, 11) is 1.94. The van der Waals surface area contributed by atoms with E-state index in [2.05, 4.69) is 10.3 Å². The van der Waals surface area contributed by atoms with Gasteiger partial charge in [0.05, 0.1) is 5.60 Å². The maximum absolute atomic E-state index is 10.0. The van der Waals surface area contributed by atoms with Gasteiger partial charge in [-0.3, -0.25) is 0 Å². The molecule has 0 saturated carbocycles. The Bertz CT molecular complexity index is 281. The van der Waals surface area contributed by atoms with E-state index in [1.54, 1.807) is 6.20 Å². The highest BCUT2D eigenvalue weighted by molar-refractivity contribution is 4.97. The molecule has 0 radical (unpaired) electrons. The van der Waals surface area contributed by atoms with Crippen LogP contribution in [0.25, 0.3) is 0 Å². The van der Waals surface area contributed by atoms with Gasteiger partial charge < -0.3 is 15.0 Å². The van der Waals surface area contributed by atoms with Crippen LogP contribution in [0.2, 0.25) is 0 Å². The van der Waals surface area contributed by atoms with Gasteiger partial charge in [-0.25, -0.2) is 4.98 Å². The lowest BCUT2D eigenvalue weighted by Crippen LogP contribution is -2.40. The second kappa shape index (κ2) is 4.57. The highest BCUT2D eigenvalue weighted by atomic mass is 16.3. The fourth-order valence-corrected chi connectivity index (χ4v) is 1.36. The van der Waals surface area contributed by atoms with E-state index >= 15 is 0 Å². The van der Waals surface area contributed by atoms with Gasteiger partial charge in [0.1, 0.15) is 5.82 Å². The first kappa shape index (κ1) is 11.2. The Balaban J connectivity index is 2.54. The van der Waals surface area contributed by atoms with Crippen molar-refractivity contribution in [1.82, 2.24) is 14.9 Å². The molecule has 80 valence electrons. The smallest absolute Gasteiger partial charge is 0.111 e. The van der Waals surface area contributed by atoms with Crippen molar-refractivity contribution in [2.24, 2.45) is 7.05 Å². The number of imidazole rings is 1. The lowest BCUT2D eigenvalue weighted by atomic mass is 10.0. The molecule has 0 aromatic carbocycles.